The Morgan fingerprint density at radius 1 is 1.39 bits per heavy atom. The number of nitrogens with zero attached hydrogens (tertiary/aromatic N) is 3. The number of likely N-dealkylation sites (tertiary alicyclic amines) is 1. The van der Waals surface area contributed by atoms with Gasteiger partial charge in [0.25, 0.3) is 0 Å². The maximum atomic E-state index is 4.43. The average Bonchev–Trinajstić information content (AvgIpc) is 2.86. The number of aromatic nitrogens is 2. The molecular formula is C14H24N4. The van der Waals surface area contributed by atoms with E-state index in [4.69, 9.17) is 0 Å². The van der Waals surface area contributed by atoms with E-state index >= 15 is 0 Å². The quantitative estimate of drug-likeness (QED) is 0.867. The van der Waals surface area contributed by atoms with Crippen molar-refractivity contribution < 1.29 is 0 Å². The van der Waals surface area contributed by atoms with E-state index in [9.17, 15) is 0 Å². The van der Waals surface area contributed by atoms with Gasteiger partial charge < -0.3 is 14.8 Å². The third-order valence-corrected chi connectivity index (χ3v) is 4.13. The van der Waals surface area contributed by atoms with Gasteiger partial charge in [-0.05, 0) is 45.6 Å². The fourth-order valence-electron chi connectivity index (χ4n) is 2.77. The summed E-state index contributed by atoms with van der Waals surface area (Å²) in [6.07, 6.45) is 7.96. The zero-order valence-electron chi connectivity index (χ0n) is 11.5. The molecule has 2 aliphatic rings. The van der Waals surface area contributed by atoms with Crippen molar-refractivity contribution in [2.75, 3.05) is 18.4 Å². The largest absolute Gasteiger partial charge is 0.353 e. The van der Waals surface area contributed by atoms with Crippen LogP contribution in [-0.2, 0) is 6.54 Å². The first-order chi connectivity index (χ1) is 8.72. The van der Waals surface area contributed by atoms with E-state index in [0.29, 0.717) is 12.1 Å². The summed E-state index contributed by atoms with van der Waals surface area (Å²) in [6, 6.07) is 1.36. The summed E-state index contributed by atoms with van der Waals surface area (Å²) in [5.41, 5.74) is 0. The van der Waals surface area contributed by atoms with Crippen molar-refractivity contribution in [3.63, 3.8) is 0 Å². The zero-order chi connectivity index (χ0) is 12.5. The maximum Gasteiger partial charge on any atom is 0.202 e. The van der Waals surface area contributed by atoms with Gasteiger partial charge in [-0.25, -0.2) is 4.98 Å². The Bertz CT molecular complexity index is 394. The highest BCUT2D eigenvalue weighted by Crippen LogP contribution is 2.25. The molecule has 1 unspecified atom stereocenters. The molecule has 0 amide bonds. The first-order valence-corrected chi connectivity index (χ1v) is 7.24. The second kappa shape index (κ2) is 4.92. The number of imidazole rings is 1. The highest BCUT2D eigenvalue weighted by atomic mass is 15.2. The number of anilines is 1. The molecule has 1 N–H and O–H groups in total. The van der Waals surface area contributed by atoms with Gasteiger partial charge in [-0.15, -0.1) is 0 Å². The highest BCUT2D eigenvalue weighted by Gasteiger charge is 2.26. The van der Waals surface area contributed by atoms with E-state index in [2.05, 4.69) is 39.8 Å². The maximum absolute atomic E-state index is 4.43. The highest BCUT2D eigenvalue weighted by molar-refractivity contribution is 5.29. The number of hydrogen-bond acceptors (Lipinski definition) is 3. The third kappa shape index (κ3) is 2.69. The second-order valence-electron chi connectivity index (χ2n) is 6.07. The van der Waals surface area contributed by atoms with Gasteiger partial charge >= 0.3 is 0 Å². The molecular weight excluding hydrogens is 224 g/mol. The molecule has 1 aromatic rings. The Balaban J connectivity index is 1.57. The monoisotopic (exact) mass is 248 g/mol. The van der Waals surface area contributed by atoms with Crippen molar-refractivity contribution >= 4 is 5.95 Å². The van der Waals surface area contributed by atoms with Crippen LogP contribution in [-0.4, -0.2) is 39.6 Å². The molecule has 1 atom stereocenters. The Morgan fingerprint density at radius 2 is 2.22 bits per heavy atom. The van der Waals surface area contributed by atoms with E-state index in [1.807, 2.05) is 6.20 Å². The van der Waals surface area contributed by atoms with Crippen LogP contribution in [0.5, 0.6) is 0 Å². The van der Waals surface area contributed by atoms with Crippen LogP contribution < -0.4 is 5.32 Å². The van der Waals surface area contributed by atoms with E-state index in [1.54, 1.807) is 0 Å². The van der Waals surface area contributed by atoms with Crippen molar-refractivity contribution in [3.05, 3.63) is 12.4 Å². The minimum Gasteiger partial charge on any atom is -0.353 e. The summed E-state index contributed by atoms with van der Waals surface area (Å²) in [5, 5.41) is 3.51. The van der Waals surface area contributed by atoms with Crippen LogP contribution in [0.1, 0.15) is 33.1 Å². The van der Waals surface area contributed by atoms with Crippen LogP contribution in [0.15, 0.2) is 12.4 Å². The Labute approximate surface area is 109 Å². The summed E-state index contributed by atoms with van der Waals surface area (Å²) in [4.78, 5) is 7.01. The van der Waals surface area contributed by atoms with Crippen LogP contribution in [0.3, 0.4) is 0 Å². The number of hydrogen-bond donors (Lipinski definition) is 1. The zero-order valence-corrected chi connectivity index (χ0v) is 11.5. The SMILES string of the molecule is CC(C)N1CCC(Cn2ccnc2NC2CC2)C1. The molecule has 2 heterocycles. The van der Waals surface area contributed by atoms with Crippen LogP contribution in [0.2, 0.25) is 0 Å². The van der Waals surface area contributed by atoms with Crippen LogP contribution in [0.4, 0.5) is 5.95 Å². The van der Waals surface area contributed by atoms with Crippen LogP contribution in [0.25, 0.3) is 0 Å². The van der Waals surface area contributed by atoms with Crippen LogP contribution >= 0.6 is 0 Å². The molecule has 1 aromatic heterocycles. The first-order valence-electron chi connectivity index (χ1n) is 7.24. The molecule has 0 aromatic carbocycles. The minimum absolute atomic E-state index is 0.682. The topological polar surface area (TPSA) is 33.1 Å². The normalized spacial score (nSPS) is 24.9. The third-order valence-electron chi connectivity index (χ3n) is 4.13. The molecule has 1 saturated carbocycles. The fraction of sp³-hybridized carbons (Fsp3) is 0.786. The molecule has 0 spiro atoms. The molecule has 1 saturated heterocycles. The van der Waals surface area contributed by atoms with Crippen molar-refractivity contribution in [1.82, 2.24) is 14.5 Å². The Hall–Kier alpha value is -1.03. The predicted octanol–water partition coefficient (Wildman–Crippen LogP) is 2.19. The lowest BCUT2D eigenvalue weighted by atomic mass is 10.1. The Kier molecular flexibility index (Phi) is 3.29. The predicted molar refractivity (Wildman–Crippen MR) is 73.7 cm³/mol. The van der Waals surface area contributed by atoms with E-state index in [0.717, 1.165) is 18.4 Å². The molecule has 1 aliphatic carbocycles. The smallest absolute Gasteiger partial charge is 0.202 e. The minimum atomic E-state index is 0.682. The first kappa shape index (κ1) is 12.0. The van der Waals surface area contributed by atoms with Gasteiger partial charge in [0.2, 0.25) is 5.95 Å². The molecule has 18 heavy (non-hydrogen) atoms. The summed E-state index contributed by atoms with van der Waals surface area (Å²) < 4.78 is 2.30. The molecule has 2 fully saturated rings. The van der Waals surface area contributed by atoms with Crippen molar-refractivity contribution in [2.24, 2.45) is 5.92 Å². The summed E-state index contributed by atoms with van der Waals surface area (Å²) in [7, 11) is 0. The van der Waals surface area contributed by atoms with Crippen molar-refractivity contribution in [2.45, 2.75) is 51.7 Å². The summed E-state index contributed by atoms with van der Waals surface area (Å²) in [5.74, 6) is 1.85. The Morgan fingerprint density at radius 3 is 2.89 bits per heavy atom. The molecule has 3 rings (SSSR count). The van der Waals surface area contributed by atoms with Gasteiger partial charge in [0.15, 0.2) is 0 Å². The van der Waals surface area contributed by atoms with Gasteiger partial charge in [0.1, 0.15) is 0 Å². The van der Waals surface area contributed by atoms with Gasteiger partial charge in [-0.1, -0.05) is 0 Å². The fourth-order valence-corrected chi connectivity index (χ4v) is 2.77. The van der Waals surface area contributed by atoms with Gasteiger partial charge in [0.05, 0.1) is 0 Å². The summed E-state index contributed by atoms with van der Waals surface area (Å²) in [6.45, 7) is 8.18. The molecule has 0 radical (unpaired) electrons. The molecule has 100 valence electrons. The summed E-state index contributed by atoms with van der Waals surface area (Å²) >= 11 is 0. The molecule has 4 heteroatoms. The van der Waals surface area contributed by atoms with E-state index < -0.39 is 0 Å². The van der Waals surface area contributed by atoms with Gasteiger partial charge in [-0.3, -0.25) is 0 Å². The van der Waals surface area contributed by atoms with E-state index in [1.165, 1.54) is 32.4 Å². The van der Waals surface area contributed by atoms with Gasteiger partial charge in [-0.2, -0.15) is 0 Å². The lowest BCUT2D eigenvalue weighted by Crippen LogP contribution is -2.28. The van der Waals surface area contributed by atoms with E-state index in [-0.39, 0.29) is 0 Å². The van der Waals surface area contributed by atoms with Crippen LogP contribution in [0, 0.1) is 5.92 Å². The molecule has 0 bridgehead atoms. The van der Waals surface area contributed by atoms with Gasteiger partial charge in [0, 0.05) is 37.6 Å². The number of nitrogens with one attached hydrogen (secondary N) is 1. The standard InChI is InChI=1S/C14H24N4/c1-11(2)17-7-5-12(9-17)10-18-8-6-15-14(18)16-13-3-4-13/h6,8,11-13H,3-5,7,9-10H2,1-2H3,(H,15,16). The second-order valence-corrected chi connectivity index (χ2v) is 6.07. The lowest BCUT2D eigenvalue weighted by molar-refractivity contribution is 0.261. The van der Waals surface area contributed by atoms with Crippen molar-refractivity contribution in [3.8, 4) is 0 Å². The van der Waals surface area contributed by atoms with Crippen molar-refractivity contribution in [1.29, 1.82) is 0 Å². The average molecular weight is 248 g/mol. The lowest BCUT2D eigenvalue weighted by Gasteiger charge is -2.20. The molecule has 4 nitrogen and oxygen atoms in total. The number of rotatable bonds is 5. The molecule has 1 aliphatic heterocycles.